The van der Waals surface area contributed by atoms with Crippen LogP contribution in [0.1, 0.15) is 27.7 Å². The van der Waals surface area contributed by atoms with Gasteiger partial charge < -0.3 is 20.1 Å². The number of carbonyl (C=O) groups excluding carboxylic acids is 3. The number of methoxy groups -OCH3 is 1. The summed E-state index contributed by atoms with van der Waals surface area (Å²) in [5, 5.41) is 4.64. The molecule has 0 fully saturated rings. The molecule has 18 heavy (non-hydrogen) atoms. The SMILES string of the molecule is COC(=O)C(C)NC(=O)CNC(=O)OC(C)(C)C. The average Bonchev–Trinajstić information content (AvgIpc) is 2.22. The van der Waals surface area contributed by atoms with Crippen LogP contribution in [-0.4, -0.2) is 43.3 Å². The van der Waals surface area contributed by atoms with Gasteiger partial charge in [0.25, 0.3) is 0 Å². The Bertz CT molecular complexity index is 322. The van der Waals surface area contributed by atoms with Crippen molar-refractivity contribution >= 4 is 18.0 Å². The van der Waals surface area contributed by atoms with E-state index in [4.69, 9.17) is 4.74 Å². The molecule has 0 radical (unpaired) electrons. The molecule has 0 saturated heterocycles. The fourth-order valence-electron chi connectivity index (χ4n) is 0.995. The highest BCUT2D eigenvalue weighted by Gasteiger charge is 2.18. The van der Waals surface area contributed by atoms with Crippen molar-refractivity contribution in [3.8, 4) is 0 Å². The maximum absolute atomic E-state index is 11.4. The summed E-state index contributed by atoms with van der Waals surface area (Å²) >= 11 is 0. The van der Waals surface area contributed by atoms with Crippen LogP contribution in [0.3, 0.4) is 0 Å². The maximum atomic E-state index is 11.4. The maximum Gasteiger partial charge on any atom is 0.408 e. The molecule has 0 aliphatic heterocycles. The second-order valence-electron chi connectivity index (χ2n) is 4.67. The minimum atomic E-state index is -0.761. The molecule has 1 unspecified atom stereocenters. The number of nitrogens with one attached hydrogen (secondary N) is 2. The van der Waals surface area contributed by atoms with Gasteiger partial charge >= 0.3 is 12.1 Å². The molecule has 2 amide bonds. The summed E-state index contributed by atoms with van der Waals surface area (Å²) in [5.41, 5.74) is -0.625. The van der Waals surface area contributed by atoms with Crippen molar-refractivity contribution in [2.45, 2.75) is 39.3 Å². The summed E-state index contributed by atoms with van der Waals surface area (Å²) in [5.74, 6) is -1.06. The van der Waals surface area contributed by atoms with E-state index in [9.17, 15) is 14.4 Å². The number of rotatable bonds is 4. The van der Waals surface area contributed by atoms with E-state index < -0.39 is 29.6 Å². The molecule has 7 nitrogen and oxygen atoms in total. The lowest BCUT2D eigenvalue weighted by atomic mass is 10.2. The van der Waals surface area contributed by atoms with Crippen molar-refractivity contribution in [2.24, 2.45) is 0 Å². The molecule has 0 aromatic heterocycles. The second kappa shape index (κ2) is 6.83. The van der Waals surface area contributed by atoms with Crippen LogP contribution in [0.4, 0.5) is 4.79 Å². The Morgan fingerprint density at radius 2 is 1.78 bits per heavy atom. The highest BCUT2D eigenvalue weighted by atomic mass is 16.6. The third kappa shape index (κ3) is 7.48. The number of carbonyl (C=O) groups is 3. The summed E-state index contributed by atoms with van der Waals surface area (Å²) in [7, 11) is 1.23. The normalized spacial score (nSPS) is 12.3. The Kier molecular flexibility index (Phi) is 6.15. The van der Waals surface area contributed by atoms with Gasteiger partial charge in [-0.2, -0.15) is 0 Å². The number of hydrogen-bond acceptors (Lipinski definition) is 5. The summed E-state index contributed by atoms with van der Waals surface area (Å²) in [6.07, 6.45) is -0.691. The van der Waals surface area contributed by atoms with E-state index in [-0.39, 0.29) is 6.54 Å². The molecule has 0 aromatic rings. The molecule has 0 spiro atoms. The molecule has 0 aliphatic carbocycles. The van der Waals surface area contributed by atoms with Gasteiger partial charge in [-0.3, -0.25) is 4.79 Å². The van der Waals surface area contributed by atoms with E-state index in [1.54, 1.807) is 20.8 Å². The second-order valence-corrected chi connectivity index (χ2v) is 4.67. The lowest BCUT2D eigenvalue weighted by Crippen LogP contribution is -2.45. The molecule has 0 bridgehead atoms. The van der Waals surface area contributed by atoms with Gasteiger partial charge in [-0.05, 0) is 27.7 Å². The fraction of sp³-hybridized carbons (Fsp3) is 0.727. The molecule has 0 aromatic carbocycles. The third-order valence-electron chi connectivity index (χ3n) is 1.72. The molecule has 0 heterocycles. The Labute approximate surface area is 106 Å². The van der Waals surface area contributed by atoms with E-state index in [1.165, 1.54) is 14.0 Å². The zero-order chi connectivity index (χ0) is 14.3. The molecular weight excluding hydrogens is 240 g/mol. The van der Waals surface area contributed by atoms with E-state index in [0.717, 1.165) is 0 Å². The smallest absolute Gasteiger partial charge is 0.408 e. The molecule has 104 valence electrons. The number of amides is 2. The molecular formula is C11H20N2O5. The molecule has 7 heteroatoms. The van der Waals surface area contributed by atoms with Crippen molar-refractivity contribution < 1.29 is 23.9 Å². The van der Waals surface area contributed by atoms with Crippen LogP contribution in [-0.2, 0) is 19.1 Å². The minimum Gasteiger partial charge on any atom is -0.467 e. The van der Waals surface area contributed by atoms with Gasteiger partial charge in [0.15, 0.2) is 0 Å². The van der Waals surface area contributed by atoms with Gasteiger partial charge in [-0.25, -0.2) is 9.59 Å². The zero-order valence-corrected chi connectivity index (χ0v) is 11.3. The molecule has 0 saturated carbocycles. The van der Waals surface area contributed by atoms with Gasteiger partial charge in [0.2, 0.25) is 5.91 Å². The predicted molar refractivity (Wildman–Crippen MR) is 63.9 cm³/mol. The summed E-state index contributed by atoms with van der Waals surface area (Å²) < 4.78 is 9.38. The summed E-state index contributed by atoms with van der Waals surface area (Å²) in [4.78, 5) is 33.6. The Morgan fingerprint density at radius 3 is 2.22 bits per heavy atom. The lowest BCUT2D eigenvalue weighted by molar-refractivity contribution is -0.144. The van der Waals surface area contributed by atoms with Crippen molar-refractivity contribution in [1.29, 1.82) is 0 Å². The van der Waals surface area contributed by atoms with Crippen molar-refractivity contribution in [3.05, 3.63) is 0 Å². The van der Waals surface area contributed by atoms with Crippen LogP contribution in [0.15, 0.2) is 0 Å². The Balaban J connectivity index is 3.98. The van der Waals surface area contributed by atoms with Crippen LogP contribution < -0.4 is 10.6 Å². The number of hydrogen-bond donors (Lipinski definition) is 2. The van der Waals surface area contributed by atoms with E-state index >= 15 is 0 Å². The number of alkyl carbamates (subject to hydrolysis) is 1. The van der Waals surface area contributed by atoms with Crippen LogP contribution in [0.25, 0.3) is 0 Å². The first-order valence-corrected chi connectivity index (χ1v) is 5.49. The first kappa shape index (κ1) is 16.2. The monoisotopic (exact) mass is 260 g/mol. The molecule has 0 aliphatic rings. The largest absolute Gasteiger partial charge is 0.467 e. The van der Waals surface area contributed by atoms with Crippen LogP contribution in [0.5, 0.6) is 0 Å². The average molecular weight is 260 g/mol. The third-order valence-corrected chi connectivity index (χ3v) is 1.72. The van der Waals surface area contributed by atoms with Gasteiger partial charge in [0, 0.05) is 0 Å². The van der Waals surface area contributed by atoms with Crippen LogP contribution in [0, 0.1) is 0 Å². The predicted octanol–water partition coefficient (Wildman–Crippen LogP) is 0.189. The van der Waals surface area contributed by atoms with Gasteiger partial charge in [0.1, 0.15) is 18.2 Å². The van der Waals surface area contributed by atoms with E-state index in [0.29, 0.717) is 0 Å². The highest BCUT2D eigenvalue weighted by Crippen LogP contribution is 2.05. The Hall–Kier alpha value is -1.79. The van der Waals surface area contributed by atoms with Crippen LogP contribution >= 0.6 is 0 Å². The van der Waals surface area contributed by atoms with Crippen LogP contribution in [0.2, 0.25) is 0 Å². The van der Waals surface area contributed by atoms with Crippen molar-refractivity contribution in [3.63, 3.8) is 0 Å². The number of esters is 1. The standard InChI is InChI=1S/C11H20N2O5/c1-7(9(15)17-5)13-8(14)6-12-10(16)18-11(2,3)4/h7H,6H2,1-5H3,(H,12,16)(H,13,14). The van der Waals surface area contributed by atoms with E-state index in [1.807, 2.05) is 0 Å². The molecule has 2 N–H and O–H groups in total. The lowest BCUT2D eigenvalue weighted by Gasteiger charge is -2.19. The molecule has 0 rings (SSSR count). The number of ether oxygens (including phenoxy) is 2. The fourth-order valence-corrected chi connectivity index (χ4v) is 0.995. The summed E-state index contributed by atoms with van der Waals surface area (Å²) in [6, 6.07) is -0.761. The van der Waals surface area contributed by atoms with Crippen molar-refractivity contribution in [1.82, 2.24) is 10.6 Å². The van der Waals surface area contributed by atoms with Gasteiger partial charge in [-0.15, -0.1) is 0 Å². The Morgan fingerprint density at radius 1 is 1.22 bits per heavy atom. The van der Waals surface area contributed by atoms with Crippen molar-refractivity contribution in [2.75, 3.05) is 13.7 Å². The topological polar surface area (TPSA) is 93.7 Å². The molecule has 1 atom stereocenters. The summed E-state index contributed by atoms with van der Waals surface area (Å²) in [6.45, 7) is 6.36. The van der Waals surface area contributed by atoms with E-state index in [2.05, 4.69) is 15.4 Å². The van der Waals surface area contributed by atoms with Gasteiger partial charge in [0.05, 0.1) is 7.11 Å². The first-order chi connectivity index (χ1) is 8.15. The quantitative estimate of drug-likeness (QED) is 0.704. The first-order valence-electron chi connectivity index (χ1n) is 5.49. The minimum absolute atomic E-state index is 0.268. The zero-order valence-electron chi connectivity index (χ0n) is 11.3. The van der Waals surface area contributed by atoms with Gasteiger partial charge in [-0.1, -0.05) is 0 Å². The highest BCUT2D eigenvalue weighted by molar-refractivity contribution is 5.86.